The minimum atomic E-state index is -0.896. The summed E-state index contributed by atoms with van der Waals surface area (Å²) in [7, 11) is 0. The number of urea groups is 1. The van der Waals surface area contributed by atoms with Crippen molar-refractivity contribution in [2.45, 2.75) is 58.5 Å². The Labute approximate surface area is 171 Å². The van der Waals surface area contributed by atoms with Gasteiger partial charge in [-0.3, -0.25) is 14.5 Å². The van der Waals surface area contributed by atoms with E-state index in [0.29, 0.717) is 23.8 Å². The molecular formula is C21H28ClN3O3. The third-order valence-corrected chi connectivity index (χ3v) is 6.02. The van der Waals surface area contributed by atoms with Crippen LogP contribution in [0.4, 0.5) is 4.79 Å². The second-order valence-electron chi connectivity index (χ2n) is 9.07. The summed E-state index contributed by atoms with van der Waals surface area (Å²) < 4.78 is 0. The van der Waals surface area contributed by atoms with Crippen LogP contribution in [0.5, 0.6) is 0 Å². The minimum absolute atomic E-state index is 0.0442. The summed E-state index contributed by atoms with van der Waals surface area (Å²) >= 11 is 6.18. The van der Waals surface area contributed by atoms with Crippen LogP contribution in [-0.4, -0.2) is 34.8 Å². The Hall–Kier alpha value is -2.08. The summed E-state index contributed by atoms with van der Waals surface area (Å²) in [5.74, 6) is -0.365. The maximum atomic E-state index is 13.1. The Kier molecular flexibility index (Phi) is 5.45. The number of halogens is 1. The van der Waals surface area contributed by atoms with E-state index in [2.05, 4.69) is 31.4 Å². The van der Waals surface area contributed by atoms with E-state index in [0.717, 1.165) is 16.9 Å². The zero-order valence-electron chi connectivity index (χ0n) is 16.8. The van der Waals surface area contributed by atoms with Gasteiger partial charge in [-0.05, 0) is 49.1 Å². The van der Waals surface area contributed by atoms with Crippen LogP contribution < -0.4 is 10.6 Å². The Morgan fingerprint density at radius 2 is 2.00 bits per heavy atom. The smallest absolute Gasteiger partial charge is 0.325 e. The molecule has 1 spiro atoms. The summed E-state index contributed by atoms with van der Waals surface area (Å²) in [6.07, 6.45) is 2.20. The number of imide groups is 1. The second-order valence-corrected chi connectivity index (χ2v) is 9.48. The number of rotatable bonds is 4. The van der Waals surface area contributed by atoms with Gasteiger partial charge in [-0.2, -0.15) is 0 Å². The number of carbonyl (C=O) groups is 3. The molecule has 4 amide bonds. The Morgan fingerprint density at radius 3 is 2.64 bits per heavy atom. The zero-order chi connectivity index (χ0) is 20.7. The first-order chi connectivity index (χ1) is 13.0. The predicted molar refractivity (Wildman–Crippen MR) is 108 cm³/mol. The summed E-state index contributed by atoms with van der Waals surface area (Å²) in [5.41, 5.74) is -0.154. The third-order valence-electron chi connectivity index (χ3n) is 5.68. The van der Waals surface area contributed by atoms with Crippen LogP contribution in [0, 0.1) is 11.3 Å². The SMILES string of the molecule is CC1CC(C)(C)CC2(C1)NC(=O)N(CC(=O)NC(C)c1ccccc1Cl)C2=O. The molecule has 3 unspecified atom stereocenters. The molecule has 2 N–H and O–H groups in total. The Balaban J connectivity index is 1.69. The Morgan fingerprint density at radius 1 is 1.32 bits per heavy atom. The van der Waals surface area contributed by atoms with Crippen LogP contribution in [-0.2, 0) is 9.59 Å². The molecule has 1 heterocycles. The van der Waals surface area contributed by atoms with E-state index in [1.54, 1.807) is 6.07 Å². The molecule has 0 bridgehead atoms. The molecule has 1 aliphatic carbocycles. The van der Waals surface area contributed by atoms with Crippen LogP contribution in [0.25, 0.3) is 0 Å². The fraction of sp³-hybridized carbons (Fsp3) is 0.571. The van der Waals surface area contributed by atoms with Crippen molar-refractivity contribution in [3.63, 3.8) is 0 Å². The van der Waals surface area contributed by atoms with Crippen LogP contribution in [0.1, 0.15) is 58.6 Å². The first kappa shape index (κ1) is 20.6. The summed E-state index contributed by atoms with van der Waals surface area (Å²) in [4.78, 5) is 39.2. The predicted octanol–water partition coefficient (Wildman–Crippen LogP) is 3.65. The lowest BCUT2D eigenvalue weighted by molar-refractivity contribution is -0.137. The molecule has 3 atom stereocenters. The fourth-order valence-corrected chi connectivity index (χ4v) is 5.28. The number of nitrogens with one attached hydrogen (secondary N) is 2. The highest BCUT2D eigenvalue weighted by Crippen LogP contribution is 2.46. The van der Waals surface area contributed by atoms with Crippen molar-refractivity contribution < 1.29 is 14.4 Å². The maximum absolute atomic E-state index is 13.1. The average Bonchev–Trinajstić information content (AvgIpc) is 2.76. The Bertz CT molecular complexity index is 810. The van der Waals surface area contributed by atoms with Crippen molar-refractivity contribution in [1.29, 1.82) is 0 Å². The molecule has 0 radical (unpaired) electrons. The molecule has 0 aromatic heterocycles. The van der Waals surface area contributed by atoms with Gasteiger partial charge in [0.2, 0.25) is 5.91 Å². The highest BCUT2D eigenvalue weighted by atomic mass is 35.5. The number of nitrogens with zero attached hydrogens (tertiary/aromatic N) is 1. The number of carbonyl (C=O) groups excluding carboxylic acids is 3. The number of benzene rings is 1. The second kappa shape index (κ2) is 7.39. The van der Waals surface area contributed by atoms with Crippen LogP contribution in [0.15, 0.2) is 24.3 Å². The van der Waals surface area contributed by atoms with Gasteiger partial charge in [0.1, 0.15) is 12.1 Å². The lowest BCUT2D eigenvalue weighted by Crippen LogP contribution is -2.54. The van der Waals surface area contributed by atoms with Gasteiger partial charge in [-0.1, -0.05) is 50.6 Å². The highest BCUT2D eigenvalue weighted by Gasteiger charge is 2.56. The van der Waals surface area contributed by atoms with Gasteiger partial charge in [0.25, 0.3) is 5.91 Å². The molecule has 1 aromatic rings. The van der Waals surface area contributed by atoms with Crippen molar-refractivity contribution in [3.8, 4) is 0 Å². The fourth-order valence-electron chi connectivity index (χ4n) is 4.98. The molecule has 2 fully saturated rings. The van der Waals surface area contributed by atoms with Crippen molar-refractivity contribution in [2.24, 2.45) is 11.3 Å². The highest BCUT2D eigenvalue weighted by molar-refractivity contribution is 6.31. The van der Waals surface area contributed by atoms with Crippen molar-refractivity contribution in [1.82, 2.24) is 15.5 Å². The molecule has 1 saturated heterocycles. The third kappa shape index (κ3) is 4.02. The first-order valence-corrected chi connectivity index (χ1v) is 10.1. The van der Waals surface area contributed by atoms with E-state index in [9.17, 15) is 14.4 Å². The molecule has 1 aliphatic heterocycles. The normalized spacial score (nSPS) is 27.6. The summed E-state index contributed by atoms with van der Waals surface area (Å²) in [6.45, 7) is 7.85. The molecule has 7 heteroatoms. The van der Waals surface area contributed by atoms with E-state index < -0.39 is 17.5 Å². The molecule has 152 valence electrons. The summed E-state index contributed by atoms with van der Waals surface area (Å²) in [5, 5.41) is 6.27. The molecule has 1 aromatic carbocycles. The van der Waals surface area contributed by atoms with Gasteiger partial charge < -0.3 is 10.6 Å². The van der Waals surface area contributed by atoms with Gasteiger partial charge in [0.15, 0.2) is 0 Å². The van der Waals surface area contributed by atoms with Crippen LogP contribution in [0.2, 0.25) is 5.02 Å². The summed E-state index contributed by atoms with van der Waals surface area (Å²) in [6, 6.07) is 6.44. The van der Waals surface area contributed by atoms with E-state index in [1.807, 2.05) is 25.1 Å². The maximum Gasteiger partial charge on any atom is 0.325 e. The average molecular weight is 406 g/mol. The molecule has 28 heavy (non-hydrogen) atoms. The topological polar surface area (TPSA) is 78.5 Å². The number of hydrogen-bond acceptors (Lipinski definition) is 3. The van der Waals surface area contributed by atoms with E-state index in [-0.39, 0.29) is 23.9 Å². The number of hydrogen-bond donors (Lipinski definition) is 2. The standard InChI is InChI=1S/C21H28ClN3O3/c1-13-9-20(3,4)12-21(10-13)18(27)25(19(28)24-21)11-17(26)23-14(2)15-7-5-6-8-16(15)22/h5-8,13-14H,9-12H2,1-4H3,(H,23,26)(H,24,28). The van der Waals surface area contributed by atoms with Gasteiger partial charge in [0, 0.05) is 5.02 Å². The molecular weight excluding hydrogens is 378 g/mol. The number of amides is 4. The van der Waals surface area contributed by atoms with E-state index >= 15 is 0 Å². The van der Waals surface area contributed by atoms with Crippen molar-refractivity contribution >= 4 is 29.4 Å². The molecule has 2 aliphatic rings. The van der Waals surface area contributed by atoms with Gasteiger partial charge in [-0.25, -0.2) is 4.79 Å². The van der Waals surface area contributed by atoms with E-state index in [1.165, 1.54) is 0 Å². The largest absolute Gasteiger partial charge is 0.348 e. The first-order valence-electron chi connectivity index (χ1n) is 9.71. The molecule has 1 saturated carbocycles. The van der Waals surface area contributed by atoms with Crippen molar-refractivity contribution in [3.05, 3.63) is 34.9 Å². The van der Waals surface area contributed by atoms with Gasteiger partial charge >= 0.3 is 6.03 Å². The van der Waals surface area contributed by atoms with Gasteiger partial charge in [-0.15, -0.1) is 0 Å². The van der Waals surface area contributed by atoms with Crippen LogP contribution >= 0.6 is 11.6 Å². The molecule has 3 rings (SSSR count). The van der Waals surface area contributed by atoms with E-state index in [4.69, 9.17) is 11.6 Å². The zero-order valence-corrected chi connectivity index (χ0v) is 17.6. The lowest BCUT2D eigenvalue weighted by Gasteiger charge is -2.43. The van der Waals surface area contributed by atoms with Crippen molar-refractivity contribution in [2.75, 3.05) is 6.54 Å². The lowest BCUT2D eigenvalue weighted by atomic mass is 9.64. The van der Waals surface area contributed by atoms with Gasteiger partial charge in [0.05, 0.1) is 6.04 Å². The minimum Gasteiger partial charge on any atom is -0.348 e. The van der Waals surface area contributed by atoms with Crippen LogP contribution in [0.3, 0.4) is 0 Å². The quantitative estimate of drug-likeness (QED) is 0.750. The molecule has 6 nitrogen and oxygen atoms in total. The monoisotopic (exact) mass is 405 g/mol.